The largest absolute Gasteiger partial charge is 0.481 e. The van der Waals surface area contributed by atoms with E-state index in [1.165, 1.54) is 0 Å². The molecule has 0 radical (unpaired) electrons. The number of aliphatic hydroxyl groups is 2. The SMILES string of the molecule is O=C(O)CCCCCO.O=C(O)CCCCO. The quantitative estimate of drug-likeness (QED) is 0.451. The number of aliphatic hydroxyl groups excluding tert-OH is 2. The molecule has 0 spiro atoms. The molecule has 102 valence electrons. The van der Waals surface area contributed by atoms with E-state index in [2.05, 4.69) is 0 Å². The molecule has 0 aromatic heterocycles. The minimum absolute atomic E-state index is 0.0906. The van der Waals surface area contributed by atoms with Gasteiger partial charge in [0.15, 0.2) is 0 Å². The summed E-state index contributed by atoms with van der Waals surface area (Å²) in [6.07, 6.45) is 3.75. The van der Waals surface area contributed by atoms with Crippen LogP contribution in [0.15, 0.2) is 0 Å². The molecule has 0 bridgehead atoms. The predicted octanol–water partition coefficient (Wildman–Crippen LogP) is 0.857. The summed E-state index contributed by atoms with van der Waals surface area (Å²) >= 11 is 0. The van der Waals surface area contributed by atoms with Crippen molar-refractivity contribution in [3.63, 3.8) is 0 Å². The smallest absolute Gasteiger partial charge is 0.303 e. The first-order valence-electron chi connectivity index (χ1n) is 5.70. The van der Waals surface area contributed by atoms with E-state index >= 15 is 0 Å². The van der Waals surface area contributed by atoms with Crippen LogP contribution >= 0.6 is 0 Å². The molecule has 0 aliphatic carbocycles. The van der Waals surface area contributed by atoms with Crippen LogP contribution in [0.5, 0.6) is 0 Å². The number of hydrogen-bond acceptors (Lipinski definition) is 4. The number of rotatable bonds is 9. The standard InChI is InChI=1S/C6H12O3.C5H10O3/c7-5-3-1-2-4-6(8)9;6-4-2-1-3-5(7)8/h7H,1-5H2,(H,8,9);6H,1-4H2,(H,7,8). The van der Waals surface area contributed by atoms with Gasteiger partial charge in [0.05, 0.1) is 0 Å². The number of carboxylic acids is 2. The third-order valence-corrected chi connectivity index (χ3v) is 1.85. The van der Waals surface area contributed by atoms with Gasteiger partial charge in [-0.1, -0.05) is 6.42 Å². The number of carbonyl (C=O) groups is 2. The van der Waals surface area contributed by atoms with Crippen molar-refractivity contribution in [1.82, 2.24) is 0 Å². The van der Waals surface area contributed by atoms with Gasteiger partial charge in [-0.05, 0) is 25.7 Å². The normalized spacial score (nSPS) is 9.29. The summed E-state index contributed by atoms with van der Waals surface area (Å²) in [4.78, 5) is 19.7. The zero-order valence-corrected chi connectivity index (χ0v) is 9.97. The van der Waals surface area contributed by atoms with Crippen molar-refractivity contribution in [2.45, 2.75) is 44.9 Å². The molecule has 0 aliphatic heterocycles. The minimum atomic E-state index is -0.793. The van der Waals surface area contributed by atoms with E-state index in [9.17, 15) is 9.59 Å². The van der Waals surface area contributed by atoms with Gasteiger partial charge in [0.25, 0.3) is 0 Å². The van der Waals surface area contributed by atoms with Crippen LogP contribution < -0.4 is 0 Å². The molecule has 4 N–H and O–H groups in total. The van der Waals surface area contributed by atoms with Crippen molar-refractivity contribution in [2.75, 3.05) is 13.2 Å². The third-order valence-electron chi connectivity index (χ3n) is 1.85. The highest BCUT2D eigenvalue weighted by atomic mass is 16.4. The van der Waals surface area contributed by atoms with Crippen LogP contribution in [0.4, 0.5) is 0 Å². The van der Waals surface area contributed by atoms with E-state index in [4.69, 9.17) is 20.4 Å². The first-order chi connectivity index (χ1) is 8.04. The Balaban J connectivity index is 0. The van der Waals surface area contributed by atoms with Gasteiger partial charge in [0.1, 0.15) is 0 Å². The van der Waals surface area contributed by atoms with Crippen LogP contribution in [0.1, 0.15) is 44.9 Å². The first kappa shape index (κ1) is 18.2. The monoisotopic (exact) mass is 250 g/mol. The number of hydrogen-bond donors (Lipinski definition) is 4. The molecule has 0 fully saturated rings. The Labute approximate surface area is 101 Å². The molecular weight excluding hydrogens is 228 g/mol. The van der Waals surface area contributed by atoms with Crippen molar-refractivity contribution >= 4 is 11.9 Å². The molecular formula is C11H22O6. The summed E-state index contributed by atoms with van der Waals surface area (Å²) in [5.41, 5.74) is 0. The van der Waals surface area contributed by atoms with E-state index < -0.39 is 11.9 Å². The molecule has 0 aliphatic rings. The zero-order chi connectivity index (χ0) is 13.5. The van der Waals surface area contributed by atoms with Gasteiger partial charge in [-0.2, -0.15) is 0 Å². The van der Waals surface area contributed by atoms with Crippen molar-refractivity contribution in [3.05, 3.63) is 0 Å². The lowest BCUT2D eigenvalue weighted by Crippen LogP contribution is -1.94. The maximum absolute atomic E-state index is 9.90. The fraction of sp³-hybridized carbons (Fsp3) is 0.818. The summed E-state index contributed by atoms with van der Waals surface area (Å²) in [5, 5.41) is 32.7. The molecule has 0 aromatic carbocycles. The summed E-state index contributed by atoms with van der Waals surface area (Å²) in [5.74, 6) is -1.55. The van der Waals surface area contributed by atoms with Gasteiger partial charge in [0, 0.05) is 26.1 Å². The Morgan fingerprint density at radius 3 is 1.35 bits per heavy atom. The Hall–Kier alpha value is -1.14. The summed E-state index contributed by atoms with van der Waals surface area (Å²) in [6, 6.07) is 0. The van der Waals surface area contributed by atoms with Gasteiger partial charge in [0.2, 0.25) is 0 Å². The van der Waals surface area contributed by atoms with Crippen molar-refractivity contribution in [2.24, 2.45) is 0 Å². The molecule has 6 nitrogen and oxygen atoms in total. The second kappa shape index (κ2) is 14.9. The minimum Gasteiger partial charge on any atom is -0.481 e. The number of carboxylic acid groups (broad SMARTS) is 2. The van der Waals surface area contributed by atoms with Gasteiger partial charge < -0.3 is 20.4 Å². The highest BCUT2D eigenvalue weighted by Crippen LogP contribution is 1.97. The lowest BCUT2D eigenvalue weighted by atomic mass is 10.2. The van der Waals surface area contributed by atoms with Gasteiger partial charge >= 0.3 is 11.9 Å². The van der Waals surface area contributed by atoms with E-state index in [1.54, 1.807) is 0 Å². The summed E-state index contributed by atoms with van der Waals surface area (Å²) in [7, 11) is 0. The lowest BCUT2D eigenvalue weighted by molar-refractivity contribution is -0.138. The zero-order valence-electron chi connectivity index (χ0n) is 9.97. The van der Waals surface area contributed by atoms with E-state index in [0.717, 1.165) is 6.42 Å². The number of aliphatic carboxylic acids is 2. The van der Waals surface area contributed by atoms with E-state index in [1.807, 2.05) is 0 Å². The Kier molecular flexibility index (Phi) is 15.9. The highest BCUT2D eigenvalue weighted by molar-refractivity contribution is 5.66. The molecule has 0 aromatic rings. The molecule has 0 saturated carbocycles. The van der Waals surface area contributed by atoms with Crippen LogP contribution in [0.2, 0.25) is 0 Å². The molecule has 0 unspecified atom stereocenters. The molecule has 0 heterocycles. The predicted molar refractivity (Wildman–Crippen MR) is 61.8 cm³/mol. The van der Waals surface area contributed by atoms with Crippen molar-refractivity contribution < 1.29 is 30.0 Å². The summed E-state index contributed by atoms with van der Waals surface area (Å²) in [6.45, 7) is 0.257. The lowest BCUT2D eigenvalue weighted by Gasteiger charge is -1.92. The summed E-state index contributed by atoms with van der Waals surface area (Å²) < 4.78 is 0. The molecule has 0 amide bonds. The van der Waals surface area contributed by atoms with Gasteiger partial charge in [-0.15, -0.1) is 0 Å². The Morgan fingerprint density at radius 1 is 0.647 bits per heavy atom. The van der Waals surface area contributed by atoms with Crippen LogP contribution in [-0.4, -0.2) is 45.6 Å². The van der Waals surface area contributed by atoms with E-state index in [-0.39, 0.29) is 26.1 Å². The highest BCUT2D eigenvalue weighted by Gasteiger charge is 1.94. The maximum atomic E-state index is 9.90. The molecule has 0 rings (SSSR count). The molecule has 17 heavy (non-hydrogen) atoms. The second-order valence-corrected chi connectivity index (χ2v) is 3.50. The fourth-order valence-corrected chi connectivity index (χ4v) is 0.953. The van der Waals surface area contributed by atoms with E-state index in [0.29, 0.717) is 25.7 Å². The van der Waals surface area contributed by atoms with Crippen LogP contribution in [0.3, 0.4) is 0 Å². The Bertz CT molecular complexity index is 192. The van der Waals surface area contributed by atoms with Crippen LogP contribution in [0.25, 0.3) is 0 Å². The van der Waals surface area contributed by atoms with Gasteiger partial charge in [-0.3, -0.25) is 9.59 Å². The maximum Gasteiger partial charge on any atom is 0.303 e. The first-order valence-corrected chi connectivity index (χ1v) is 5.70. The number of unbranched alkanes of at least 4 members (excludes halogenated alkanes) is 3. The Morgan fingerprint density at radius 2 is 1.00 bits per heavy atom. The van der Waals surface area contributed by atoms with Crippen LogP contribution in [0, 0.1) is 0 Å². The average molecular weight is 250 g/mol. The fourth-order valence-electron chi connectivity index (χ4n) is 0.953. The second-order valence-electron chi connectivity index (χ2n) is 3.50. The van der Waals surface area contributed by atoms with Crippen molar-refractivity contribution in [1.29, 1.82) is 0 Å². The van der Waals surface area contributed by atoms with Gasteiger partial charge in [-0.25, -0.2) is 0 Å². The molecule has 0 saturated heterocycles. The van der Waals surface area contributed by atoms with Crippen LogP contribution in [-0.2, 0) is 9.59 Å². The van der Waals surface area contributed by atoms with Crippen molar-refractivity contribution in [3.8, 4) is 0 Å². The topological polar surface area (TPSA) is 115 Å². The third kappa shape index (κ3) is 25.3. The average Bonchev–Trinajstić information content (AvgIpc) is 2.25. The molecule has 0 atom stereocenters. The molecule has 6 heteroatoms.